The van der Waals surface area contributed by atoms with Crippen LogP contribution in [0.2, 0.25) is 0 Å². The highest BCUT2D eigenvalue weighted by molar-refractivity contribution is 7.89. The summed E-state index contributed by atoms with van der Waals surface area (Å²) in [5, 5.41) is 2.77. The van der Waals surface area contributed by atoms with E-state index in [0.717, 1.165) is 6.42 Å². The minimum Gasteiger partial charge on any atom is -0.468 e. The maximum absolute atomic E-state index is 12.5. The van der Waals surface area contributed by atoms with Crippen LogP contribution >= 0.6 is 0 Å². The van der Waals surface area contributed by atoms with Gasteiger partial charge in [0.15, 0.2) is 0 Å². The van der Waals surface area contributed by atoms with Gasteiger partial charge in [0, 0.05) is 11.3 Å². The van der Waals surface area contributed by atoms with Crippen molar-refractivity contribution in [1.29, 1.82) is 0 Å². The van der Waals surface area contributed by atoms with Crippen molar-refractivity contribution < 1.29 is 17.6 Å². The SMILES string of the molecule is CCc1ccc(NC(=O)c2cccc(S(=O)(=O)NCc3ccco3)c2)cc1. The second-order valence-electron chi connectivity index (χ2n) is 5.94. The maximum Gasteiger partial charge on any atom is 0.255 e. The van der Waals surface area contributed by atoms with Gasteiger partial charge < -0.3 is 9.73 Å². The van der Waals surface area contributed by atoms with Crippen molar-refractivity contribution in [2.75, 3.05) is 5.32 Å². The van der Waals surface area contributed by atoms with Crippen LogP contribution in [0.15, 0.2) is 76.2 Å². The van der Waals surface area contributed by atoms with E-state index in [1.54, 1.807) is 18.2 Å². The molecule has 0 radical (unpaired) electrons. The topological polar surface area (TPSA) is 88.4 Å². The number of rotatable bonds is 7. The normalized spacial score (nSPS) is 11.3. The first-order valence-corrected chi connectivity index (χ1v) is 9.98. The number of aryl methyl sites for hydroxylation is 1. The number of furan rings is 1. The molecule has 0 saturated heterocycles. The Hall–Kier alpha value is -2.90. The zero-order chi connectivity index (χ0) is 19.3. The number of anilines is 1. The van der Waals surface area contributed by atoms with E-state index < -0.39 is 10.0 Å². The molecular weight excluding hydrogens is 364 g/mol. The highest BCUT2D eigenvalue weighted by Gasteiger charge is 2.17. The molecule has 0 aliphatic carbocycles. The van der Waals surface area contributed by atoms with Crippen molar-refractivity contribution >= 4 is 21.6 Å². The predicted octanol–water partition coefficient (Wildman–Crippen LogP) is 3.57. The van der Waals surface area contributed by atoms with Gasteiger partial charge >= 0.3 is 0 Å². The fourth-order valence-electron chi connectivity index (χ4n) is 2.49. The molecule has 1 heterocycles. The van der Waals surface area contributed by atoms with E-state index in [9.17, 15) is 13.2 Å². The van der Waals surface area contributed by atoms with Gasteiger partial charge in [-0.25, -0.2) is 13.1 Å². The van der Waals surface area contributed by atoms with Crippen LogP contribution in [0.3, 0.4) is 0 Å². The first-order chi connectivity index (χ1) is 13.0. The van der Waals surface area contributed by atoms with Crippen LogP contribution < -0.4 is 10.0 Å². The second kappa shape index (κ2) is 8.20. The van der Waals surface area contributed by atoms with Crippen molar-refractivity contribution in [3.63, 3.8) is 0 Å². The molecule has 27 heavy (non-hydrogen) atoms. The third kappa shape index (κ3) is 4.84. The summed E-state index contributed by atoms with van der Waals surface area (Å²) >= 11 is 0. The van der Waals surface area contributed by atoms with Crippen LogP contribution in [0.1, 0.15) is 28.6 Å². The fraction of sp³-hybridized carbons (Fsp3) is 0.150. The molecule has 2 N–H and O–H groups in total. The second-order valence-corrected chi connectivity index (χ2v) is 7.70. The molecule has 0 spiro atoms. The molecule has 0 bridgehead atoms. The molecule has 0 aliphatic heterocycles. The van der Waals surface area contributed by atoms with Gasteiger partial charge in [-0.1, -0.05) is 25.1 Å². The molecule has 1 amide bonds. The zero-order valence-electron chi connectivity index (χ0n) is 14.8. The van der Waals surface area contributed by atoms with Gasteiger partial charge in [-0.15, -0.1) is 0 Å². The van der Waals surface area contributed by atoms with Crippen molar-refractivity contribution in [3.8, 4) is 0 Å². The summed E-state index contributed by atoms with van der Waals surface area (Å²) in [7, 11) is -3.76. The maximum atomic E-state index is 12.5. The lowest BCUT2D eigenvalue weighted by atomic mass is 10.1. The Morgan fingerprint density at radius 3 is 2.48 bits per heavy atom. The van der Waals surface area contributed by atoms with E-state index >= 15 is 0 Å². The lowest BCUT2D eigenvalue weighted by Gasteiger charge is -2.09. The molecule has 0 saturated carbocycles. The first kappa shape index (κ1) is 18.9. The van der Waals surface area contributed by atoms with Gasteiger partial charge in [0.05, 0.1) is 17.7 Å². The van der Waals surface area contributed by atoms with Crippen LogP contribution in [-0.4, -0.2) is 14.3 Å². The number of carbonyl (C=O) groups is 1. The monoisotopic (exact) mass is 384 g/mol. The van der Waals surface area contributed by atoms with Gasteiger partial charge in [0.2, 0.25) is 10.0 Å². The molecule has 7 heteroatoms. The number of carbonyl (C=O) groups excluding carboxylic acids is 1. The summed E-state index contributed by atoms with van der Waals surface area (Å²) in [6.45, 7) is 2.09. The molecule has 0 fully saturated rings. The summed E-state index contributed by atoms with van der Waals surface area (Å²) in [5.74, 6) is 0.130. The third-order valence-corrected chi connectivity index (χ3v) is 5.44. The van der Waals surface area contributed by atoms with Crippen LogP contribution in [0.5, 0.6) is 0 Å². The number of amides is 1. The summed E-state index contributed by atoms with van der Waals surface area (Å²) in [6.07, 6.45) is 2.39. The van der Waals surface area contributed by atoms with E-state index in [-0.39, 0.29) is 22.9 Å². The molecule has 0 unspecified atom stereocenters. The lowest BCUT2D eigenvalue weighted by molar-refractivity contribution is 0.102. The van der Waals surface area contributed by atoms with Crippen molar-refractivity contribution in [2.24, 2.45) is 0 Å². The van der Waals surface area contributed by atoms with E-state index in [0.29, 0.717) is 11.4 Å². The Balaban J connectivity index is 1.72. The number of nitrogens with one attached hydrogen (secondary N) is 2. The van der Waals surface area contributed by atoms with Crippen LogP contribution in [0, 0.1) is 0 Å². The molecule has 0 aliphatic rings. The summed E-state index contributed by atoms with van der Waals surface area (Å²) in [5.41, 5.74) is 2.08. The first-order valence-electron chi connectivity index (χ1n) is 8.50. The number of benzene rings is 2. The number of hydrogen-bond donors (Lipinski definition) is 2. The molecular formula is C20H20N2O4S. The van der Waals surface area contributed by atoms with Crippen molar-refractivity contribution in [1.82, 2.24) is 4.72 Å². The van der Waals surface area contributed by atoms with Gasteiger partial charge in [-0.05, 0) is 54.4 Å². The Bertz CT molecular complexity index is 1010. The summed E-state index contributed by atoms with van der Waals surface area (Å²) < 4.78 is 32.5. The van der Waals surface area contributed by atoms with Crippen LogP contribution in [0.4, 0.5) is 5.69 Å². The quantitative estimate of drug-likeness (QED) is 0.652. The summed E-state index contributed by atoms with van der Waals surface area (Å²) in [6, 6.07) is 16.8. The molecule has 140 valence electrons. The predicted molar refractivity (Wildman–Crippen MR) is 103 cm³/mol. The van der Waals surface area contributed by atoms with E-state index in [1.165, 1.54) is 30.0 Å². The number of hydrogen-bond acceptors (Lipinski definition) is 4. The Kier molecular flexibility index (Phi) is 5.73. The fourth-order valence-corrected chi connectivity index (χ4v) is 3.53. The summed E-state index contributed by atoms with van der Waals surface area (Å²) in [4.78, 5) is 12.5. The van der Waals surface area contributed by atoms with E-state index in [1.807, 2.05) is 24.3 Å². The lowest BCUT2D eigenvalue weighted by Crippen LogP contribution is -2.23. The average molecular weight is 384 g/mol. The smallest absolute Gasteiger partial charge is 0.255 e. The van der Waals surface area contributed by atoms with Gasteiger partial charge in [-0.2, -0.15) is 0 Å². The van der Waals surface area contributed by atoms with Gasteiger partial charge in [0.25, 0.3) is 5.91 Å². The van der Waals surface area contributed by atoms with Crippen LogP contribution in [-0.2, 0) is 23.0 Å². The Morgan fingerprint density at radius 2 is 1.81 bits per heavy atom. The standard InChI is InChI=1S/C20H20N2O4S/c1-2-15-8-10-17(11-9-15)22-20(23)16-5-3-7-19(13-16)27(24,25)21-14-18-6-4-12-26-18/h3-13,21H,2,14H2,1H3,(H,22,23). The molecule has 6 nitrogen and oxygen atoms in total. The minimum atomic E-state index is -3.76. The molecule has 2 aromatic carbocycles. The van der Waals surface area contributed by atoms with Crippen molar-refractivity contribution in [3.05, 3.63) is 83.8 Å². The Labute approximate surface area is 158 Å². The average Bonchev–Trinajstić information content (AvgIpc) is 3.21. The largest absolute Gasteiger partial charge is 0.468 e. The highest BCUT2D eigenvalue weighted by atomic mass is 32.2. The highest BCUT2D eigenvalue weighted by Crippen LogP contribution is 2.15. The van der Waals surface area contributed by atoms with Crippen molar-refractivity contribution in [2.45, 2.75) is 24.8 Å². The zero-order valence-corrected chi connectivity index (χ0v) is 15.6. The van der Waals surface area contributed by atoms with E-state index in [4.69, 9.17) is 4.42 Å². The van der Waals surface area contributed by atoms with Gasteiger partial charge in [-0.3, -0.25) is 4.79 Å². The molecule has 1 aromatic heterocycles. The molecule has 3 rings (SSSR count). The minimum absolute atomic E-state index is 0.0167. The van der Waals surface area contributed by atoms with Gasteiger partial charge in [0.1, 0.15) is 5.76 Å². The molecule has 0 atom stereocenters. The van der Waals surface area contributed by atoms with E-state index in [2.05, 4.69) is 17.0 Å². The number of sulfonamides is 1. The third-order valence-electron chi connectivity index (χ3n) is 4.04. The Morgan fingerprint density at radius 1 is 1.04 bits per heavy atom. The van der Waals surface area contributed by atoms with Crippen LogP contribution in [0.25, 0.3) is 0 Å². The molecule has 3 aromatic rings.